The summed E-state index contributed by atoms with van der Waals surface area (Å²) in [5.74, 6) is 0. The Bertz CT molecular complexity index is 612. The second kappa shape index (κ2) is 5.77. The first-order valence-electron chi connectivity index (χ1n) is 6.18. The van der Waals surface area contributed by atoms with Gasteiger partial charge >= 0.3 is 0 Å². The number of nitriles is 1. The third-order valence-corrected chi connectivity index (χ3v) is 3.51. The molecule has 2 rings (SSSR count). The van der Waals surface area contributed by atoms with Crippen LogP contribution in [0, 0.1) is 11.3 Å². The molecule has 2 nitrogen and oxygen atoms in total. The Hall–Kier alpha value is -1.98. The molecule has 19 heavy (non-hydrogen) atoms. The van der Waals surface area contributed by atoms with Crippen LogP contribution in [0.25, 0.3) is 0 Å². The van der Waals surface area contributed by atoms with Crippen molar-refractivity contribution in [3.63, 3.8) is 0 Å². The van der Waals surface area contributed by atoms with Gasteiger partial charge in [0.1, 0.15) is 6.07 Å². The van der Waals surface area contributed by atoms with E-state index in [1.165, 1.54) is 5.56 Å². The van der Waals surface area contributed by atoms with Gasteiger partial charge in [-0.3, -0.25) is 0 Å². The molecule has 0 saturated heterocycles. The predicted molar refractivity (Wildman–Crippen MR) is 80.1 cm³/mol. The van der Waals surface area contributed by atoms with Gasteiger partial charge in [-0.05, 0) is 36.2 Å². The van der Waals surface area contributed by atoms with Crippen LogP contribution in [0.2, 0.25) is 5.02 Å². The van der Waals surface area contributed by atoms with Crippen LogP contribution < -0.4 is 4.90 Å². The van der Waals surface area contributed by atoms with Crippen molar-refractivity contribution >= 4 is 23.0 Å². The van der Waals surface area contributed by atoms with Gasteiger partial charge in [0.15, 0.2) is 0 Å². The minimum atomic E-state index is 0.483. The highest BCUT2D eigenvalue weighted by atomic mass is 35.5. The molecule has 0 amide bonds. The number of aryl methyl sites for hydroxylation is 1. The zero-order valence-electron chi connectivity index (χ0n) is 11.0. The summed E-state index contributed by atoms with van der Waals surface area (Å²) in [5, 5.41) is 9.70. The molecule has 0 heterocycles. The Morgan fingerprint density at radius 3 is 2.42 bits per heavy atom. The van der Waals surface area contributed by atoms with Gasteiger partial charge in [-0.2, -0.15) is 5.26 Å². The largest absolute Gasteiger partial charge is 0.344 e. The average Bonchev–Trinajstić information content (AvgIpc) is 2.46. The summed E-state index contributed by atoms with van der Waals surface area (Å²) < 4.78 is 0. The van der Waals surface area contributed by atoms with E-state index in [1.54, 1.807) is 6.07 Å². The quantitative estimate of drug-likeness (QED) is 0.819. The lowest BCUT2D eigenvalue weighted by molar-refractivity contribution is 1.13. The zero-order valence-corrected chi connectivity index (χ0v) is 11.8. The summed E-state index contributed by atoms with van der Waals surface area (Å²) in [4.78, 5) is 1.98. The van der Waals surface area contributed by atoms with E-state index in [-0.39, 0.29) is 0 Å². The van der Waals surface area contributed by atoms with E-state index in [1.807, 2.05) is 24.1 Å². The van der Waals surface area contributed by atoms with E-state index >= 15 is 0 Å². The van der Waals surface area contributed by atoms with Gasteiger partial charge in [-0.15, -0.1) is 0 Å². The second-order valence-corrected chi connectivity index (χ2v) is 4.73. The van der Waals surface area contributed by atoms with Gasteiger partial charge in [-0.25, -0.2) is 0 Å². The van der Waals surface area contributed by atoms with Crippen LogP contribution >= 0.6 is 11.6 Å². The number of hydrogen-bond donors (Lipinski definition) is 0. The molecular weight excluding hydrogens is 256 g/mol. The van der Waals surface area contributed by atoms with Gasteiger partial charge in [0, 0.05) is 12.7 Å². The predicted octanol–water partition coefficient (Wildman–Crippen LogP) is 4.54. The number of rotatable bonds is 3. The first kappa shape index (κ1) is 13.5. The van der Waals surface area contributed by atoms with Crippen LogP contribution in [0.3, 0.4) is 0 Å². The molecule has 3 heteroatoms. The molecule has 0 aliphatic carbocycles. The highest BCUT2D eigenvalue weighted by molar-refractivity contribution is 6.32. The molecule has 0 spiro atoms. The van der Waals surface area contributed by atoms with Gasteiger partial charge in [0.05, 0.1) is 16.3 Å². The molecule has 0 fully saturated rings. The van der Waals surface area contributed by atoms with E-state index in [4.69, 9.17) is 11.6 Å². The Kier molecular flexibility index (Phi) is 4.09. The summed E-state index contributed by atoms with van der Waals surface area (Å²) >= 11 is 6.06. The minimum absolute atomic E-state index is 0.483. The Morgan fingerprint density at radius 1 is 1.16 bits per heavy atom. The molecule has 0 bridgehead atoms. The molecule has 0 aliphatic rings. The maximum Gasteiger partial charge on any atom is 0.103 e. The Morgan fingerprint density at radius 2 is 1.84 bits per heavy atom. The Labute approximate surface area is 118 Å². The minimum Gasteiger partial charge on any atom is -0.344 e. The standard InChI is InChI=1S/C16H15ClN2/c1-3-12-7-9-13(10-8-12)19(2)16-6-4-5-15(17)14(16)11-18/h4-10H,3H2,1-2H3. The number of anilines is 2. The highest BCUT2D eigenvalue weighted by Crippen LogP contribution is 2.30. The van der Waals surface area contributed by atoms with E-state index in [2.05, 4.69) is 37.3 Å². The van der Waals surface area contributed by atoms with Crippen LogP contribution in [0.4, 0.5) is 11.4 Å². The van der Waals surface area contributed by atoms with Crippen molar-refractivity contribution < 1.29 is 0 Å². The van der Waals surface area contributed by atoms with Crippen molar-refractivity contribution in [3.05, 3.63) is 58.6 Å². The number of nitrogens with zero attached hydrogens (tertiary/aromatic N) is 2. The van der Waals surface area contributed by atoms with E-state index in [0.29, 0.717) is 10.6 Å². The SMILES string of the molecule is CCc1ccc(N(C)c2cccc(Cl)c2C#N)cc1. The topological polar surface area (TPSA) is 27.0 Å². The van der Waals surface area contributed by atoms with Crippen LogP contribution in [-0.4, -0.2) is 7.05 Å². The fraction of sp³-hybridized carbons (Fsp3) is 0.188. The molecule has 0 atom stereocenters. The molecule has 96 valence electrons. The summed E-state index contributed by atoms with van der Waals surface area (Å²) in [5.41, 5.74) is 3.66. The molecule has 0 unspecified atom stereocenters. The van der Waals surface area contributed by atoms with Crippen molar-refractivity contribution in [3.8, 4) is 6.07 Å². The lowest BCUT2D eigenvalue weighted by Gasteiger charge is -2.21. The third kappa shape index (κ3) is 2.72. The van der Waals surface area contributed by atoms with Crippen molar-refractivity contribution in [2.24, 2.45) is 0 Å². The molecule has 2 aromatic rings. The van der Waals surface area contributed by atoms with Crippen LogP contribution in [0.5, 0.6) is 0 Å². The first-order chi connectivity index (χ1) is 9.17. The highest BCUT2D eigenvalue weighted by Gasteiger charge is 2.11. The van der Waals surface area contributed by atoms with E-state index < -0.39 is 0 Å². The normalized spacial score (nSPS) is 10.0. The van der Waals surface area contributed by atoms with Gasteiger partial charge in [0.25, 0.3) is 0 Å². The fourth-order valence-electron chi connectivity index (χ4n) is 2.00. The maximum absolute atomic E-state index is 9.22. The summed E-state index contributed by atoms with van der Waals surface area (Å²) in [7, 11) is 1.94. The third-order valence-electron chi connectivity index (χ3n) is 3.20. The lowest BCUT2D eigenvalue weighted by atomic mass is 10.1. The van der Waals surface area contributed by atoms with Crippen LogP contribution in [-0.2, 0) is 6.42 Å². The monoisotopic (exact) mass is 270 g/mol. The van der Waals surface area contributed by atoms with Crippen molar-refractivity contribution in [1.82, 2.24) is 0 Å². The zero-order chi connectivity index (χ0) is 13.8. The van der Waals surface area contributed by atoms with Gasteiger partial charge in [-0.1, -0.05) is 36.7 Å². The fourth-order valence-corrected chi connectivity index (χ4v) is 2.21. The Balaban J connectivity index is 2.41. The molecule has 0 radical (unpaired) electrons. The summed E-state index contributed by atoms with van der Waals surface area (Å²) in [6.45, 7) is 2.13. The van der Waals surface area contributed by atoms with E-state index in [0.717, 1.165) is 17.8 Å². The van der Waals surface area contributed by atoms with Crippen molar-refractivity contribution in [2.45, 2.75) is 13.3 Å². The average molecular weight is 271 g/mol. The second-order valence-electron chi connectivity index (χ2n) is 4.32. The number of halogens is 1. The lowest BCUT2D eigenvalue weighted by Crippen LogP contribution is -2.11. The molecule has 0 saturated carbocycles. The molecule has 0 aliphatic heterocycles. The molecular formula is C16H15ClN2. The maximum atomic E-state index is 9.22. The molecule has 0 aromatic heterocycles. The first-order valence-corrected chi connectivity index (χ1v) is 6.56. The smallest absolute Gasteiger partial charge is 0.103 e. The summed E-state index contributed by atoms with van der Waals surface area (Å²) in [6.07, 6.45) is 1.02. The van der Waals surface area contributed by atoms with E-state index in [9.17, 15) is 5.26 Å². The van der Waals surface area contributed by atoms with Crippen molar-refractivity contribution in [1.29, 1.82) is 5.26 Å². The van der Waals surface area contributed by atoms with Crippen LogP contribution in [0.15, 0.2) is 42.5 Å². The molecule has 0 N–H and O–H groups in total. The number of hydrogen-bond acceptors (Lipinski definition) is 2. The number of benzene rings is 2. The summed E-state index contributed by atoms with van der Waals surface area (Å²) in [6, 6.07) is 16.0. The van der Waals surface area contributed by atoms with Gasteiger partial charge < -0.3 is 4.90 Å². The molecule has 2 aromatic carbocycles. The van der Waals surface area contributed by atoms with Crippen molar-refractivity contribution in [2.75, 3.05) is 11.9 Å². The van der Waals surface area contributed by atoms with Crippen LogP contribution in [0.1, 0.15) is 18.1 Å². The van der Waals surface area contributed by atoms with Gasteiger partial charge in [0.2, 0.25) is 0 Å².